The second kappa shape index (κ2) is 68.6. The molecule has 0 radical (unpaired) electrons. The van der Waals surface area contributed by atoms with E-state index in [9.17, 15) is 14.4 Å². The monoisotopic (exact) mass is 1120 g/mol. The topological polar surface area (TPSA) is 78.9 Å². The van der Waals surface area contributed by atoms with E-state index in [-0.39, 0.29) is 37.5 Å². The molecule has 6 nitrogen and oxygen atoms in total. The number of ether oxygens (including phenoxy) is 3. The highest BCUT2D eigenvalue weighted by molar-refractivity contribution is 5.71. The highest BCUT2D eigenvalue weighted by Gasteiger charge is 2.19. The third-order valence-corrected chi connectivity index (χ3v) is 15.8. The number of unbranched alkanes of at least 4 members (excludes halogenated alkanes) is 44. The first-order valence-corrected chi connectivity index (χ1v) is 35.3. The van der Waals surface area contributed by atoms with Crippen LogP contribution in [0.3, 0.4) is 0 Å². The van der Waals surface area contributed by atoms with Crippen LogP contribution in [0.4, 0.5) is 0 Å². The van der Waals surface area contributed by atoms with Crippen molar-refractivity contribution in [1.82, 2.24) is 0 Å². The molecule has 80 heavy (non-hydrogen) atoms. The van der Waals surface area contributed by atoms with Crippen molar-refractivity contribution in [2.24, 2.45) is 0 Å². The van der Waals surface area contributed by atoms with E-state index in [1.54, 1.807) is 0 Å². The zero-order valence-electron chi connectivity index (χ0n) is 53.6. The van der Waals surface area contributed by atoms with Gasteiger partial charge in [0, 0.05) is 19.3 Å². The van der Waals surface area contributed by atoms with Gasteiger partial charge in [-0.05, 0) is 70.6 Å². The van der Waals surface area contributed by atoms with Gasteiger partial charge in [-0.3, -0.25) is 14.4 Å². The predicted molar refractivity (Wildman–Crippen MR) is 348 cm³/mol. The molecule has 0 amide bonds. The fourth-order valence-corrected chi connectivity index (χ4v) is 10.5. The van der Waals surface area contributed by atoms with E-state index in [2.05, 4.69) is 75.5 Å². The van der Waals surface area contributed by atoms with Crippen LogP contribution in [-0.2, 0) is 28.6 Å². The van der Waals surface area contributed by atoms with E-state index >= 15 is 0 Å². The summed E-state index contributed by atoms with van der Waals surface area (Å²) in [7, 11) is 0. The molecule has 1 atom stereocenters. The molecular formula is C74H134O6. The Morgan fingerprint density at radius 1 is 0.263 bits per heavy atom. The Morgan fingerprint density at radius 2 is 0.512 bits per heavy atom. The first kappa shape index (κ1) is 77.1. The molecule has 0 aromatic heterocycles. The Kier molecular flexibility index (Phi) is 66.1. The molecular weight excluding hydrogens is 985 g/mol. The molecule has 0 aromatic carbocycles. The highest BCUT2D eigenvalue weighted by atomic mass is 16.6. The SMILES string of the molecule is CC/C=C\C/C=C\C/C=C\C/C=C\CCC(=O)OCC(COC(=O)CCCCCCCCCCCCCCCCCCCCCCC/C=C\CCCCCCCCCC)OC(=O)CCCCCCCCCCCCCCCCCC. The van der Waals surface area contributed by atoms with Gasteiger partial charge in [0.2, 0.25) is 0 Å². The van der Waals surface area contributed by atoms with Crippen LogP contribution in [0.1, 0.15) is 374 Å². The van der Waals surface area contributed by atoms with Crippen molar-refractivity contribution in [3.8, 4) is 0 Å². The maximum absolute atomic E-state index is 12.9. The predicted octanol–water partition coefficient (Wildman–Crippen LogP) is 24.3. The third kappa shape index (κ3) is 65.9. The molecule has 466 valence electrons. The Balaban J connectivity index is 4.13. The number of hydrogen-bond donors (Lipinski definition) is 0. The summed E-state index contributed by atoms with van der Waals surface area (Å²) >= 11 is 0. The van der Waals surface area contributed by atoms with E-state index < -0.39 is 6.10 Å². The number of esters is 3. The lowest BCUT2D eigenvalue weighted by Gasteiger charge is -2.18. The van der Waals surface area contributed by atoms with Crippen molar-refractivity contribution < 1.29 is 28.6 Å². The summed E-state index contributed by atoms with van der Waals surface area (Å²) in [6.45, 7) is 6.52. The van der Waals surface area contributed by atoms with Gasteiger partial charge in [0.25, 0.3) is 0 Å². The normalized spacial score (nSPS) is 12.4. The van der Waals surface area contributed by atoms with Gasteiger partial charge in [-0.2, -0.15) is 0 Å². The molecule has 1 unspecified atom stereocenters. The summed E-state index contributed by atoms with van der Waals surface area (Å²) in [5.74, 6) is -0.954. The Labute approximate surface area is 498 Å². The summed E-state index contributed by atoms with van der Waals surface area (Å²) in [6.07, 6.45) is 88.6. The van der Waals surface area contributed by atoms with Crippen molar-refractivity contribution in [2.45, 2.75) is 380 Å². The molecule has 0 aromatic rings. The van der Waals surface area contributed by atoms with Crippen molar-refractivity contribution in [1.29, 1.82) is 0 Å². The largest absolute Gasteiger partial charge is 0.462 e. The quantitative estimate of drug-likeness (QED) is 0.0261. The van der Waals surface area contributed by atoms with Crippen molar-refractivity contribution in [2.75, 3.05) is 13.2 Å². The Hall–Kier alpha value is -2.89. The minimum absolute atomic E-state index is 0.0913. The molecule has 0 heterocycles. The second-order valence-corrected chi connectivity index (χ2v) is 23.8. The number of hydrogen-bond acceptors (Lipinski definition) is 6. The molecule has 0 spiro atoms. The van der Waals surface area contributed by atoms with Gasteiger partial charge in [0.05, 0.1) is 0 Å². The van der Waals surface area contributed by atoms with Gasteiger partial charge in [-0.1, -0.05) is 345 Å². The molecule has 0 aliphatic rings. The summed E-state index contributed by atoms with van der Waals surface area (Å²) in [4.78, 5) is 38.3. The highest BCUT2D eigenvalue weighted by Crippen LogP contribution is 2.18. The summed E-state index contributed by atoms with van der Waals surface area (Å²) in [6, 6.07) is 0. The molecule has 0 rings (SSSR count). The van der Waals surface area contributed by atoms with Crippen LogP contribution in [-0.4, -0.2) is 37.2 Å². The average molecular weight is 1120 g/mol. The minimum atomic E-state index is -0.800. The van der Waals surface area contributed by atoms with Gasteiger partial charge in [0.1, 0.15) is 13.2 Å². The van der Waals surface area contributed by atoms with E-state index in [1.165, 1.54) is 263 Å². The minimum Gasteiger partial charge on any atom is -0.462 e. The van der Waals surface area contributed by atoms with Crippen LogP contribution in [0, 0.1) is 0 Å². The fraction of sp³-hybridized carbons (Fsp3) is 0.824. The van der Waals surface area contributed by atoms with Gasteiger partial charge in [-0.25, -0.2) is 0 Å². The van der Waals surface area contributed by atoms with Crippen LogP contribution in [0.15, 0.2) is 60.8 Å². The number of carbonyl (C=O) groups excluding carboxylic acids is 3. The van der Waals surface area contributed by atoms with Crippen molar-refractivity contribution >= 4 is 17.9 Å². The maximum atomic E-state index is 12.9. The van der Waals surface area contributed by atoms with Gasteiger partial charge in [-0.15, -0.1) is 0 Å². The van der Waals surface area contributed by atoms with E-state index in [0.717, 1.165) is 64.2 Å². The summed E-state index contributed by atoms with van der Waals surface area (Å²) in [5, 5.41) is 0. The lowest BCUT2D eigenvalue weighted by molar-refractivity contribution is -0.166. The van der Waals surface area contributed by atoms with Crippen LogP contribution in [0.5, 0.6) is 0 Å². The van der Waals surface area contributed by atoms with Crippen LogP contribution >= 0.6 is 0 Å². The molecule has 0 saturated carbocycles. The lowest BCUT2D eigenvalue weighted by Crippen LogP contribution is -2.30. The van der Waals surface area contributed by atoms with Gasteiger partial charge in [0.15, 0.2) is 6.10 Å². The van der Waals surface area contributed by atoms with Crippen LogP contribution in [0.25, 0.3) is 0 Å². The summed E-state index contributed by atoms with van der Waals surface area (Å²) < 4.78 is 16.9. The second-order valence-electron chi connectivity index (χ2n) is 23.8. The fourth-order valence-electron chi connectivity index (χ4n) is 10.5. The first-order chi connectivity index (χ1) is 39.5. The van der Waals surface area contributed by atoms with Crippen molar-refractivity contribution in [3.05, 3.63) is 60.8 Å². The lowest BCUT2D eigenvalue weighted by atomic mass is 10.0. The third-order valence-electron chi connectivity index (χ3n) is 15.8. The molecule has 0 N–H and O–H groups in total. The Morgan fingerprint density at radius 3 is 0.838 bits per heavy atom. The smallest absolute Gasteiger partial charge is 0.306 e. The zero-order chi connectivity index (χ0) is 57.8. The van der Waals surface area contributed by atoms with Crippen molar-refractivity contribution in [3.63, 3.8) is 0 Å². The van der Waals surface area contributed by atoms with E-state index in [4.69, 9.17) is 14.2 Å². The molecule has 0 aliphatic carbocycles. The molecule has 0 fully saturated rings. The number of rotatable bonds is 65. The van der Waals surface area contributed by atoms with Crippen LogP contribution < -0.4 is 0 Å². The van der Waals surface area contributed by atoms with E-state index in [0.29, 0.717) is 19.3 Å². The summed E-state index contributed by atoms with van der Waals surface area (Å²) in [5.41, 5.74) is 0. The average Bonchev–Trinajstić information content (AvgIpc) is 3.46. The van der Waals surface area contributed by atoms with Gasteiger partial charge >= 0.3 is 17.9 Å². The maximum Gasteiger partial charge on any atom is 0.306 e. The zero-order valence-corrected chi connectivity index (χ0v) is 53.6. The van der Waals surface area contributed by atoms with Crippen LogP contribution in [0.2, 0.25) is 0 Å². The van der Waals surface area contributed by atoms with Gasteiger partial charge < -0.3 is 14.2 Å². The standard InChI is InChI=1S/C74H134O6/c1-4-7-10-13-16-19-22-25-27-29-30-31-32-33-34-35-36-37-38-39-40-41-42-43-44-45-47-49-52-55-58-61-64-67-73(76)79-70-71(69-78-72(75)66-63-60-57-54-51-48-24-21-18-15-12-9-6-3)80-74(77)68-65-62-59-56-53-50-46-28-26-23-20-17-14-11-8-5-2/h9,12,18,21,29-30,48,51,57,60,71H,4-8,10-11,13-17,19-20,22-28,31-47,49-50,52-56,58-59,61-70H2,1-3H3/b12-9-,21-18-,30-29-,51-48-,60-57-. The molecule has 0 saturated heterocycles. The molecule has 0 bridgehead atoms. The molecule has 0 aliphatic heterocycles. The molecule has 6 heteroatoms. The Bertz CT molecular complexity index is 1430. The number of carbonyl (C=O) groups is 3. The number of allylic oxidation sites excluding steroid dienone is 10. The first-order valence-electron chi connectivity index (χ1n) is 35.3. The van der Waals surface area contributed by atoms with E-state index in [1.807, 2.05) is 6.08 Å².